The van der Waals surface area contributed by atoms with Crippen LogP contribution in [0.2, 0.25) is 10.2 Å². The maximum atomic E-state index is 13.5. The summed E-state index contributed by atoms with van der Waals surface area (Å²) < 4.78 is 20.8. The van der Waals surface area contributed by atoms with Gasteiger partial charge in [0.1, 0.15) is 29.7 Å². The van der Waals surface area contributed by atoms with Crippen molar-refractivity contribution in [2.24, 2.45) is 0 Å². The van der Waals surface area contributed by atoms with Crippen LogP contribution in [0.25, 0.3) is 27.8 Å². The molecule has 0 atom stereocenters. The van der Waals surface area contributed by atoms with E-state index in [-0.39, 0.29) is 16.8 Å². The standard InChI is InChI=1S/C21H12Cl2FN3O/c1-2-9-28-14-4-6-18-17(11-14)26-12-27(18)19-7-8-25-21(23)20(19)15-5-3-13(24)10-16(15)22/h1,3-8,10-12H,9H2. The number of rotatable bonds is 4. The summed E-state index contributed by atoms with van der Waals surface area (Å²) in [5, 5.41) is 0.493. The molecule has 0 aliphatic heterocycles. The zero-order valence-electron chi connectivity index (χ0n) is 14.4. The van der Waals surface area contributed by atoms with E-state index in [0.717, 1.165) is 11.0 Å². The van der Waals surface area contributed by atoms with Crippen LogP contribution < -0.4 is 4.74 Å². The molecule has 0 bridgehead atoms. The number of ether oxygens (including phenoxy) is 1. The van der Waals surface area contributed by atoms with Crippen molar-refractivity contribution in [2.75, 3.05) is 6.61 Å². The van der Waals surface area contributed by atoms with Crippen molar-refractivity contribution in [3.05, 3.63) is 71.0 Å². The highest BCUT2D eigenvalue weighted by atomic mass is 35.5. The fourth-order valence-electron chi connectivity index (χ4n) is 2.97. The summed E-state index contributed by atoms with van der Waals surface area (Å²) in [5.74, 6) is 2.63. The number of pyridine rings is 1. The van der Waals surface area contributed by atoms with Crippen LogP contribution in [0.4, 0.5) is 4.39 Å². The molecule has 0 aliphatic carbocycles. The maximum Gasteiger partial charge on any atom is 0.148 e. The minimum Gasteiger partial charge on any atom is -0.481 e. The van der Waals surface area contributed by atoms with Gasteiger partial charge in [0.05, 0.1) is 21.7 Å². The maximum absolute atomic E-state index is 13.5. The second-order valence-electron chi connectivity index (χ2n) is 5.88. The Bertz CT molecular complexity index is 1230. The van der Waals surface area contributed by atoms with Crippen LogP contribution in [0.5, 0.6) is 5.75 Å². The van der Waals surface area contributed by atoms with Crippen LogP contribution in [0, 0.1) is 18.2 Å². The number of halogens is 3. The average Bonchev–Trinajstić information content (AvgIpc) is 3.10. The van der Waals surface area contributed by atoms with Gasteiger partial charge in [-0.15, -0.1) is 6.42 Å². The van der Waals surface area contributed by atoms with Crippen LogP contribution in [0.15, 0.2) is 55.0 Å². The zero-order chi connectivity index (χ0) is 19.7. The minimum atomic E-state index is -0.428. The lowest BCUT2D eigenvalue weighted by atomic mass is 10.1. The Morgan fingerprint density at radius 3 is 2.75 bits per heavy atom. The first-order valence-electron chi connectivity index (χ1n) is 8.22. The fourth-order valence-corrected chi connectivity index (χ4v) is 3.48. The van der Waals surface area contributed by atoms with Gasteiger partial charge in [-0.2, -0.15) is 0 Å². The van der Waals surface area contributed by atoms with E-state index in [2.05, 4.69) is 15.9 Å². The highest BCUT2D eigenvalue weighted by Crippen LogP contribution is 2.38. The normalized spacial score (nSPS) is 10.8. The van der Waals surface area contributed by atoms with Crippen LogP contribution in [0.1, 0.15) is 0 Å². The van der Waals surface area contributed by atoms with Crippen LogP contribution in [-0.2, 0) is 0 Å². The van der Waals surface area contributed by atoms with Crippen molar-refractivity contribution in [1.82, 2.24) is 14.5 Å². The monoisotopic (exact) mass is 411 g/mol. The predicted octanol–water partition coefficient (Wildman–Crippen LogP) is 5.55. The molecule has 138 valence electrons. The summed E-state index contributed by atoms with van der Waals surface area (Å²) in [4.78, 5) is 8.60. The summed E-state index contributed by atoms with van der Waals surface area (Å²) in [6, 6.07) is 11.4. The van der Waals surface area contributed by atoms with E-state index in [4.69, 9.17) is 34.4 Å². The summed E-state index contributed by atoms with van der Waals surface area (Å²) >= 11 is 12.7. The topological polar surface area (TPSA) is 39.9 Å². The number of imidazole rings is 1. The summed E-state index contributed by atoms with van der Waals surface area (Å²) in [5.41, 5.74) is 3.43. The van der Waals surface area contributed by atoms with E-state index < -0.39 is 5.82 Å². The van der Waals surface area contributed by atoms with Gasteiger partial charge in [-0.1, -0.05) is 29.1 Å². The number of aromatic nitrogens is 3. The van der Waals surface area contributed by atoms with Gasteiger partial charge in [-0.3, -0.25) is 4.57 Å². The highest BCUT2D eigenvalue weighted by Gasteiger charge is 2.17. The van der Waals surface area contributed by atoms with E-state index in [1.54, 1.807) is 30.7 Å². The van der Waals surface area contributed by atoms with Crippen LogP contribution in [0.3, 0.4) is 0 Å². The molecule has 4 rings (SSSR count). The number of hydrogen-bond donors (Lipinski definition) is 0. The smallest absolute Gasteiger partial charge is 0.148 e. The third-order valence-corrected chi connectivity index (χ3v) is 4.78. The van der Waals surface area contributed by atoms with Gasteiger partial charge < -0.3 is 4.74 Å². The number of fused-ring (bicyclic) bond motifs is 1. The molecular formula is C21H12Cl2FN3O. The van der Waals surface area contributed by atoms with Crippen LogP contribution in [-0.4, -0.2) is 21.1 Å². The van der Waals surface area contributed by atoms with Gasteiger partial charge in [0, 0.05) is 23.4 Å². The molecule has 0 N–H and O–H groups in total. The molecule has 0 unspecified atom stereocenters. The van der Waals surface area contributed by atoms with Gasteiger partial charge >= 0.3 is 0 Å². The Hall–Kier alpha value is -3.07. The highest BCUT2D eigenvalue weighted by molar-refractivity contribution is 6.36. The lowest BCUT2D eigenvalue weighted by Gasteiger charge is -2.14. The Kier molecular flexibility index (Phi) is 4.91. The first-order chi connectivity index (χ1) is 13.6. The molecule has 2 aromatic carbocycles. The second-order valence-corrected chi connectivity index (χ2v) is 6.64. The Morgan fingerprint density at radius 2 is 1.96 bits per heavy atom. The molecule has 0 spiro atoms. The fraction of sp³-hybridized carbons (Fsp3) is 0.0476. The van der Waals surface area contributed by atoms with Gasteiger partial charge in [-0.05, 0) is 36.4 Å². The van der Waals surface area contributed by atoms with Gasteiger partial charge in [-0.25, -0.2) is 14.4 Å². The molecule has 0 saturated carbocycles. The van der Waals surface area contributed by atoms with Gasteiger partial charge in [0.2, 0.25) is 0 Å². The number of nitrogens with zero attached hydrogens (tertiary/aromatic N) is 3. The molecule has 0 amide bonds. The predicted molar refractivity (Wildman–Crippen MR) is 109 cm³/mol. The third kappa shape index (κ3) is 3.29. The molecule has 4 aromatic rings. The van der Waals surface area contributed by atoms with Crippen LogP contribution >= 0.6 is 23.2 Å². The van der Waals surface area contributed by atoms with Crippen molar-refractivity contribution in [2.45, 2.75) is 0 Å². The zero-order valence-corrected chi connectivity index (χ0v) is 15.9. The molecule has 2 heterocycles. The van der Waals surface area contributed by atoms with Crippen molar-refractivity contribution < 1.29 is 9.13 Å². The molecule has 28 heavy (non-hydrogen) atoms. The lowest BCUT2D eigenvalue weighted by molar-refractivity contribution is 0.371. The Balaban J connectivity index is 1.89. The van der Waals surface area contributed by atoms with Crippen molar-refractivity contribution in [3.63, 3.8) is 0 Å². The molecule has 0 aliphatic rings. The molecule has 0 radical (unpaired) electrons. The third-order valence-electron chi connectivity index (χ3n) is 4.18. The lowest BCUT2D eigenvalue weighted by Crippen LogP contribution is -1.99. The van der Waals surface area contributed by atoms with Gasteiger partial charge in [0.25, 0.3) is 0 Å². The van der Waals surface area contributed by atoms with Gasteiger partial charge in [0.15, 0.2) is 0 Å². The first kappa shape index (κ1) is 18.3. The average molecular weight is 412 g/mol. The van der Waals surface area contributed by atoms with E-state index in [9.17, 15) is 4.39 Å². The minimum absolute atomic E-state index is 0.180. The second kappa shape index (κ2) is 7.51. The molecule has 0 fully saturated rings. The number of hydrogen-bond acceptors (Lipinski definition) is 3. The molecule has 7 heteroatoms. The van der Waals surface area contributed by atoms with E-state index in [1.165, 1.54) is 12.1 Å². The van der Waals surface area contributed by atoms with Crippen molar-refractivity contribution in [1.29, 1.82) is 0 Å². The largest absolute Gasteiger partial charge is 0.481 e. The quantitative estimate of drug-likeness (QED) is 0.326. The summed E-state index contributed by atoms with van der Waals surface area (Å²) in [6.07, 6.45) is 8.49. The molecule has 4 nitrogen and oxygen atoms in total. The van der Waals surface area contributed by atoms with E-state index >= 15 is 0 Å². The van der Waals surface area contributed by atoms with Crippen molar-refractivity contribution in [3.8, 4) is 34.9 Å². The van der Waals surface area contributed by atoms with E-state index in [0.29, 0.717) is 22.6 Å². The summed E-state index contributed by atoms with van der Waals surface area (Å²) in [7, 11) is 0. The molecule has 0 saturated heterocycles. The molecular weight excluding hydrogens is 400 g/mol. The van der Waals surface area contributed by atoms with E-state index in [1.807, 2.05) is 16.7 Å². The number of benzene rings is 2. The van der Waals surface area contributed by atoms with Crippen molar-refractivity contribution >= 4 is 34.2 Å². The Morgan fingerprint density at radius 1 is 1.11 bits per heavy atom. The molecule has 2 aromatic heterocycles. The summed E-state index contributed by atoms with van der Waals surface area (Å²) in [6.45, 7) is 0.180. The number of terminal acetylenes is 1. The SMILES string of the molecule is C#CCOc1ccc2c(c1)ncn2-c1ccnc(Cl)c1-c1ccc(F)cc1Cl. The first-order valence-corrected chi connectivity index (χ1v) is 8.98. The Labute approximate surface area is 170 Å².